The molecule has 4 heteroatoms. The fourth-order valence-electron chi connectivity index (χ4n) is 3.79. The first-order valence-corrected chi connectivity index (χ1v) is 9.62. The Bertz CT molecular complexity index is 928. The molecule has 0 bridgehead atoms. The minimum atomic E-state index is -0.173. The van der Waals surface area contributed by atoms with Crippen LogP contribution in [0.2, 0.25) is 0 Å². The van der Waals surface area contributed by atoms with Crippen molar-refractivity contribution in [2.24, 2.45) is 0 Å². The van der Waals surface area contributed by atoms with Gasteiger partial charge in [-0.25, -0.2) is 0 Å². The molecule has 138 valence electrons. The van der Waals surface area contributed by atoms with Gasteiger partial charge in [-0.2, -0.15) is 0 Å². The quantitative estimate of drug-likeness (QED) is 0.668. The largest absolute Gasteiger partial charge is 0.466 e. The lowest BCUT2D eigenvalue weighted by atomic mass is 9.97. The van der Waals surface area contributed by atoms with Crippen molar-refractivity contribution in [3.8, 4) is 11.4 Å². The van der Waals surface area contributed by atoms with Crippen molar-refractivity contribution in [2.45, 2.75) is 39.0 Å². The molecular weight excluding hydrogens is 336 g/mol. The third-order valence-corrected chi connectivity index (χ3v) is 5.09. The molecule has 4 nitrogen and oxygen atoms in total. The first-order chi connectivity index (χ1) is 13.2. The molecule has 2 heterocycles. The molecule has 2 aromatic heterocycles. The highest BCUT2D eigenvalue weighted by atomic mass is 16.5. The van der Waals surface area contributed by atoms with Crippen LogP contribution in [0.1, 0.15) is 41.3 Å². The Balaban J connectivity index is 1.56. The summed E-state index contributed by atoms with van der Waals surface area (Å²) >= 11 is 0. The Kier molecular flexibility index (Phi) is 5.05. The molecule has 0 unspecified atom stereocenters. The zero-order chi connectivity index (χ0) is 18.6. The zero-order valence-electron chi connectivity index (χ0n) is 15.6. The van der Waals surface area contributed by atoms with Gasteiger partial charge in [-0.3, -0.25) is 9.78 Å². The summed E-state index contributed by atoms with van der Waals surface area (Å²) in [7, 11) is 0. The molecule has 4 rings (SSSR count). The summed E-state index contributed by atoms with van der Waals surface area (Å²) in [6, 6.07) is 14.6. The molecular formula is C23H24N2O2. The molecule has 1 aliphatic rings. The van der Waals surface area contributed by atoms with Crippen LogP contribution >= 0.6 is 0 Å². The molecule has 1 N–H and O–H groups in total. The summed E-state index contributed by atoms with van der Waals surface area (Å²) in [5, 5.41) is 0. The van der Waals surface area contributed by atoms with Crippen molar-refractivity contribution in [1.82, 2.24) is 9.97 Å². The van der Waals surface area contributed by atoms with Crippen LogP contribution in [-0.4, -0.2) is 22.5 Å². The second-order valence-electron chi connectivity index (χ2n) is 7.00. The first-order valence-electron chi connectivity index (χ1n) is 9.62. The summed E-state index contributed by atoms with van der Waals surface area (Å²) < 4.78 is 5.02. The minimum Gasteiger partial charge on any atom is -0.466 e. The number of rotatable bonds is 6. The van der Waals surface area contributed by atoms with Gasteiger partial charge in [-0.1, -0.05) is 24.3 Å². The third-order valence-electron chi connectivity index (χ3n) is 5.09. The Morgan fingerprint density at radius 1 is 1.15 bits per heavy atom. The second-order valence-corrected chi connectivity index (χ2v) is 7.00. The number of hydrogen-bond acceptors (Lipinski definition) is 3. The number of H-pyrrole nitrogens is 1. The van der Waals surface area contributed by atoms with Crippen molar-refractivity contribution in [3.05, 3.63) is 76.6 Å². The van der Waals surface area contributed by atoms with E-state index in [1.807, 2.05) is 31.3 Å². The number of nitrogens with one attached hydrogen (secondary N) is 1. The van der Waals surface area contributed by atoms with Gasteiger partial charge in [0.1, 0.15) is 0 Å². The lowest BCUT2D eigenvalue weighted by molar-refractivity contribution is -0.142. The smallest absolute Gasteiger partial charge is 0.310 e. The van der Waals surface area contributed by atoms with Crippen LogP contribution < -0.4 is 0 Å². The maximum absolute atomic E-state index is 11.6. The first kappa shape index (κ1) is 17.5. The number of aromatic nitrogens is 2. The highest BCUT2D eigenvalue weighted by Crippen LogP contribution is 2.29. The Labute approximate surface area is 159 Å². The van der Waals surface area contributed by atoms with Crippen molar-refractivity contribution < 1.29 is 9.53 Å². The number of pyridine rings is 1. The minimum absolute atomic E-state index is 0.173. The topological polar surface area (TPSA) is 55.0 Å². The molecule has 0 atom stereocenters. The number of benzene rings is 1. The Morgan fingerprint density at radius 2 is 1.96 bits per heavy atom. The monoisotopic (exact) mass is 360 g/mol. The van der Waals surface area contributed by atoms with Crippen molar-refractivity contribution in [3.63, 3.8) is 0 Å². The SMILES string of the molecule is CCOC(=O)Cc1ccc(Cc2cc(-c3ccc[nH]3)nc3c2CCC3)cc1. The molecule has 0 amide bonds. The van der Waals surface area contributed by atoms with E-state index in [4.69, 9.17) is 9.72 Å². The molecule has 3 aromatic rings. The lowest BCUT2D eigenvalue weighted by Crippen LogP contribution is -2.07. The van der Waals surface area contributed by atoms with E-state index in [0.717, 1.165) is 36.2 Å². The maximum Gasteiger partial charge on any atom is 0.310 e. The van der Waals surface area contributed by atoms with Gasteiger partial charge in [-0.15, -0.1) is 0 Å². The fraction of sp³-hybridized carbons (Fsp3) is 0.304. The second kappa shape index (κ2) is 7.78. The molecule has 1 aromatic carbocycles. The van der Waals surface area contributed by atoms with Gasteiger partial charge < -0.3 is 9.72 Å². The Morgan fingerprint density at radius 3 is 2.70 bits per heavy atom. The summed E-state index contributed by atoms with van der Waals surface area (Å²) in [6.45, 7) is 2.25. The van der Waals surface area contributed by atoms with Gasteiger partial charge in [0, 0.05) is 11.9 Å². The van der Waals surface area contributed by atoms with Crippen molar-refractivity contribution in [2.75, 3.05) is 6.61 Å². The highest BCUT2D eigenvalue weighted by Gasteiger charge is 2.19. The van der Waals surface area contributed by atoms with Crippen molar-refractivity contribution in [1.29, 1.82) is 0 Å². The number of fused-ring (bicyclic) bond motifs is 1. The molecule has 0 aliphatic heterocycles. The number of esters is 1. The molecule has 0 saturated heterocycles. The summed E-state index contributed by atoms with van der Waals surface area (Å²) in [6.07, 6.45) is 6.52. The van der Waals surface area contributed by atoms with Crippen LogP contribution in [0.5, 0.6) is 0 Å². The molecule has 0 radical (unpaired) electrons. The molecule has 0 spiro atoms. The average Bonchev–Trinajstić information content (AvgIpc) is 3.35. The summed E-state index contributed by atoms with van der Waals surface area (Å²) in [5.74, 6) is -0.173. The van der Waals surface area contributed by atoms with Gasteiger partial charge in [0.25, 0.3) is 0 Å². The standard InChI is InChI=1S/C23H24N2O2/c1-2-27-23(26)14-17-10-8-16(9-11-17)13-18-15-22(21-7-4-12-24-21)25-20-6-3-5-19(18)20/h4,7-12,15,24H,2-3,5-6,13-14H2,1H3. The van der Waals surface area contributed by atoms with Gasteiger partial charge in [-0.05, 0) is 73.1 Å². The van der Waals surface area contributed by atoms with Crippen LogP contribution in [0.25, 0.3) is 11.4 Å². The number of aromatic amines is 1. The fourth-order valence-corrected chi connectivity index (χ4v) is 3.79. The van der Waals surface area contributed by atoms with E-state index in [0.29, 0.717) is 13.0 Å². The molecule has 1 aliphatic carbocycles. The van der Waals surface area contributed by atoms with Crippen molar-refractivity contribution >= 4 is 5.97 Å². The molecule has 0 saturated carbocycles. The van der Waals surface area contributed by atoms with Crippen LogP contribution in [0.4, 0.5) is 0 Å². The predicted octanol–water partition coefficient (Wildman–Crippen LogP) is 4.26. The van der Waals surface area contributed by atoms with Crippen LogP contribution in [0.15, 0.2) is 48.7 Å². The van der Waals surface area contributed by atoms with E-state index in [9.17, 15) is 4.79 Å². The van der Waals surface area contributed by atoms with Crippen LogP contribution in [0.3, 0.4) is 0 Å². The summed E-state index contributed by atoms with van der Waals surface area (Å²) in [5.41, 5.74) is 8.35. The van der Waals surface area contributed by atoms with E-state index in [2.05, 4.69) is 29.2 Å². The number of ether oxygens (including phenoxy) is 1. The maximum atomic E-state index is 11.6. The third kappa shape index (κ3) is 3.95. The molecule has 27 heavy (non-hydrogen) atoms. The van der Waals surface area contributed by atoms with E-state index in [1.165, 1.54) is 28.8 Å². The van der Waals surface area contributed by atoms with Gasteiger partial charge >= 0.3 is 5.97 Å². The zero-order valence-corrected chi connectivity index (χ0v) is 15.6. The lowest BCUT2D eigenvalue weighted by Gasteiger charge is -2.11. The average molecular weight is 360 g/mol. The number of aryl methyl sites for hydroxylation is 1. The predicted molar refractivity (Wildman–Crippen MR) is 106 cm³/mol. The van der Waals surface area contributed by atoms with E-state index >= 15 is 0 Å². The normalized spacial score (nSPS) is 12.8. The van der Waals surface area contributed by atoms with E-state index in [-0.39, 0.29) is 5.97 Å². The summed E-state index contributed by atoms with van der Waals surface area (Å²) in [4.78, 5) is 19.8. The van der Waals surface area contributed by atoms with E-state index in [1.54, 1.807) is 0 Å². The van der Waals surface area contributed by atoms with Gasteiger partial charge in [0.2, 0.25) is 0 Å². The number of carbonyl (C=O) groups is 1. The van der Waals surface area contributed by atoms with Crippen LogP contribution in [0, 0.1) is 0 Å². The van der Waals surface area contributed by atoms with Gasteiger partial charge in [0.05, 0.1) is 24.4 Å². The number of hydrogen-bond donors (Lipinski definition) is 1. The van der Waals surface area contributed by atoms with E-state index < -0.39 is 0 Å². The molecule has 0 fully saturated rings. The number of carbonyl (C=O) groups excluding carboxylic acids is 1. The van der Waals surface area contributed by atoms with Gasteiger partial charge in [0.15, 0.2) is 0 Å². The highest BCUT2D eigenvalue weighted by molar-refractivity contribution is 5.72. The Hall–Kier alpha value is -2.88. The number of nitrogens with zero attached hydrogens (tertiary/aromatic N) is 1. The van der Waals surface area contributed by atoms with Crippen LogP contribution in [-0.2, 0) is 35.2 Å².